The molecule has 11 heteroatoms. The molecule has 1 aliphatic heterocycles. The number of ether oxygens (including phenoxy) is 1. The third kappa shape index (κ3) is 5.19. The Morgan fingerprint density at radius 1 is 1.12 bits per heavy atom. The van der Waals surface area contributed by atoms with Crippen LogP contribution in [0.5, 0.6) is 0 Å². The van der Waals surface area contributed by atoms with Gasteiger partial charge in [0.1, 0.15) is 5.82 Å². The topological polar surface area (TPSA) is 109 Å². The van der Waals surface area contributed by atoms with E-state index >= 15 is 0 Å². The number of nitro benzene ring substituents is 1. The van der Waals surface area contributed by atoms with Crippen LogP contribution in [0.25, 0.3) is 17.0 Å². The highest BCUT2D eigenvalue weighted by Gasteiger charge is 2.33. The number of nitro groups is 1. The summed E-state index contributed by atoms with van der Waals surface area (Å²) in [7, 11) is 0. The molecule has 0 radical (unpaired) electrons. The Hall–Kier alpha value is -5.16. The van der Waals surface area contributed by atoms with Gasteiger partial charge < -0.3 is 9.30 Å². The van der Waals surface area contributed by atoms with Crippen LogP contribution in [0.4, 0.5) is 10.1 Å². The number of fused-ring (bicyclic) bond motifs is 2. The summed E-state index contributed by atoms with van der Waals surface area (Å²) in [6.45, 7) is 4.03. The molecule has 0 amide bonds. The predicted octanol–water partition coefficient (Wildman–Crippen LogP) is 4.85. The summed E-state index contributed by atoms with van der Waals surface area (Å²) in [5.74, 6) is -1.01. The van der Waals surface area contributed by atoms with E-state index in [0.29, 0.717) is 27.1 Å². The summed E-state index contributed by atoms with van der Waals surface area (Å²) in [5.41, 5.74) is 3.54. The molecule has 6 rings (SSSR count). The standard InChI is InChI=1S/C32H25FN4O5S/c1-3-42-31(39)28-19(2)34-32-36(29(28)21-10-12-23(33)13-11-21)30(38)27(43-32)16-22-18-35(26-7-5-4-6-25(22)26)17-20-8-14-24(15-9-20)37(40)41/h4-16,18,29H,3,17H2,1-2H3/b27-16-. The normalized spacial score (nSPS) is 15.0. The minimum Gasteiger partial charge on any atom is -0.463 e. The first-order valence-corrected chi connectivity index (χ1v) is 14.3. The molecule has 43 heavy (non-hydrogen) atoms. The Morgan fingerprint density at radius 3 is 2.53 bits per heavy atom. The molecule has 0 fully saturated rings. The first-order valence-electron chi connectivity index (χ1n) is 13.5. The first-order chi connectivity index (χ1) is 20.7. The van der Waals surface area contributed by atoms with Crippen molar-refractivity contribution in [2.45, 2.75) is 26.4 Å². The summed E-state index contributed by atoms with van der Waals surface area (Å²) in [4.78, 5) is 42.7. The molecule has 0 saturated carbocycles. The fourth-order valence-corrected chi connectivity index (χ4v) is 6.37. The molecule has 3 heterocycles. The zero-order valence-corrected chi connectivity index (χ0v) is 24.0. The number of thiazole rings is 1. The maximum absolute atomic E-state index is 14.0. The summed E-state index contributed by atoms with van der Waals surface area (Å²) in [6.07, 6.45) is 3.75. The number of para-hydroxylation sites is 1. The molecule has 2 aromatic heterocycles. The van der Waals surface area contributed by atoms with E-state index in [9.17, 15) is 24.1 Å². The maximum Gasteiger partial charge on any atom is 0.338 e. The minimum atomic E-state index is -0.832. The lowest BCUT2D eigenvalue weighted by Crippen LogP contribution is -2.39. The van der Waals surface area contributed by atoms with Crippen molar-refractivity contribution in [2.24, 2.45) is 4.99 Å². The van der Waals surface area contributed by atoms with Crippen molar-refractivity contribution in [1.29, 1.82) is 0 Å². The Balaban J connectivity index is 1.48. The molecular formula is C32H25FN4O5S. The van der Waals surface area contributed by atoms with Crippen molar-refractivity contribution in [2.75, 3.05) is 6.61 Å². The number of hydrogen-bond acceptors (Lipinski definition) is 7. The van der Waals surface area contributed by atoms with Gasteiger partial charge in [0.2, 0.25) is 0 Å². The van der Waals surface area contributed by atoms with Gasteiger partial charge in [-0.1, -0.05) is 53.8 Å². The molecule has 0 aliphatic carbocycles. The van der Waals surface area contributed by atoms with Crippen LogP contribution >= 0.6 is 11.3 Å². The van der Waals surface area contributed by atoms with E-state index in [1.807, 2.05) is 41.1 Å². The fraction of sp³-hybridized carbons (Fsp3) is 0.156. The summed E-state index contributed by atoms with van der Waals surface area (Å²) in [6, 6.07) is 19.1. The number of carbonyl (C=O) groups is 1. The van der Waals surface area contributed by atoms with Crippen LogP contribution in [0.15, 0.2) is 100 Å². The zero-order chi connectivity index (χ0) is 30.2. The first kappa shape index (κ1) is 28.0. The van der Waals surface area contributed by atoms with Gasteiger partial charge >= 0.3 is 5.97 Å². The number of halogens is 1. The van der Waals surface area contributed by atoms with E-state index in [2.05, 4.69) is 4.99 Å². The van der Waals surface area contributed by atoms with Crippen LogP contribution < -0.4 is 14.9 Å². The molecule has 1 unspecified atom stereocenters. The molecule has 1 atom stereocenters. The van der Waals surface area contributed by atoms with E-state index in [1.165, 1.54) is 40.2 Å². The number of benzene rings is 3. The van der Waals surface area contributed by atoms with Crippen molar-refractivity contribution in [3.63, 3.8) is 0 Å². The van der Waals surface area contributed by atoms with E-state index in [0.717, 1.165) is 22.0 Å². The highest BCUT2D eigenvalue weighted by molar-refractivity contribution is 7.07. The van der Waals surface area contributed by atoms with Gasteiger partial charge in [0.25, 0.3) is 11.2 Å². The second-order valence-corrected chi connectivity index (χ2v) is 11.0. The lowest BCUT2D eigenvalue weighted by molar-refractivity contribution is -0.384. The summed E-state index contributed by atoms with van der Waals surface area (Å²) >= 11 is 1.21. The second-order valence-electron chi connectivity index (χ2n) is 10.0. The lowest BCUT2D eigenvalue weighted by atomic mass is 9.96. The van der Waals surface area contributed by atoms with Crippen LogP contribution in [-0.4, -0.2) is 26.6 Å². The second kappa shape index (κ2) is 11.3. The van der Waals surface area contributed by atoms with Crippen LogP contribution in [0.2, 0.25) is 0 Å². The van der Waals surface area contributed by atoms with E-state index in [1.54, 1.807) is 38.1 Å². The highest BCUT2D eigenvalue weighted by Crippen LogP contribution is 2.31. The van der Waals surface area contributed by atoms with Gasteiger partial charge in [0, 0.05) is 41.3 Å². The fourth-order valence-electron chi connectivity index (χ4n) is 5.33. The molecule has 9 nitrogen and oxygen atoms in total. The molecule has 0 spiro atoms. The van der Waals surface area contributed by atoms with Gasteiger partial charge in [-0.2, -0.15) is 0 Å². The Morgan fingerprint density at radius 2 is 1.84 bits per heavy atom. The van der Waals surface area contributed by atoms with E-state index in [4.69, 9.17) is 4.74 Å². The van der Waals surface area contributed by atoms with Gasteiger partial charge in [-0.15, -0.1) is 0 Å². The van der Waals surface area contributed by atoms with Crippen molar-refractivity contribution in [3.05, 3.63) is 143 Å². The van der Waals surface area contributed by atoms with Gasteiger partial charge in [-0.3, -0.25) is 19.5 Å². The third-order valence-electron chi connectivity index (χ3n) is 7.31. The van der Waals surface area contributed by atoms with Crippen molar-refractivity contribution in [3.8, 4) is 0 Å². The number of allylic oxidation sites excluding steroid dienone is 1. The van der Waals surface area contributed by atoms with Crippen molar-refractivity contribution in [1.82, 2.24) is 9.13 Å². The smallest absolute Gasteiger partial charge is 0.338 e. The molecule has 0 saturated heterocycles. The zero-order valence-electron chi connectivity index (χ0n) is 23.2. The van der Waals surface area contributed by atoms with Crippen LogP contribution in [0.3, 0.4) is 0 Å². The molecule has 3 aromatic carbocycles. The highest BCUT2D eigenvalue weighted by atomic mass is 32.1. The number of aromatic nitrogens is 2. The SMILES string of the molecule is CCOC(=O)C1=C(C)N=c2s/c(=C\c3cn(Cc4ccc([N+](=O)[O-])cc4)c4ccccc34)c(=O)n2C1c1ccc(F)cc1. The van der Waals surface area contributed by atoms with Crippen molar-refractivity contribution < 1.29 is 18.8 Å². The molecule has 0 N–H and O–H groups in total. The van der Waals surface area contributed by atoms with Crippen LogP contribution in [0.1, 0.15) is 36.6 Å². The lowest BCUT2D eigenvalue weighted by Gasteiger charge is -2.24. The molecule has 216 valence electrons. The quantitative estimate of drug-likeness (QED) is 0.152. The van der Waals surface area contributed by atoms with Gasteiger partial charge in [0.05, 0.1) is 33.4 Å². The Kier molecular flexibility index (Phi) is 7.32. The van der Waals surface area contributed by atoms with Crippen LogP contribution in [0, 0.1) is 15.9 Å². The Bertz CT molecular complexity index is 2110. The Labute approximate surface area is 248 Å². The molecule has 0 bridgehead atoms. The van der Waals surface area contributed by atoms with Gasteiger partial charge in [0.15, 0.2) is 4.80 Å². The predicted molar refractivity (Wildman–Crippen MR) is 161 cm³/mol. The molecule has 1 aliphatic rings. The molecule has 5 aromatic rings. The van der Waals surface area contributed by atoms with E-state index in [-0.39, 0.29) is 23.4 Å². The summed E-state index contributed by atoms with van der Waals surface area (Å²) < 4.78 is 23.1. The van der Waals surface area contributed by atoms with Gasteiger partial charge in [-0.05, 0) is 49.2 Å². The van der Waals surface area contributed by atoms with E-state index < -0.39 is 22.8 Å². The van der Waals surface area contributed by atoms with Gasteiger partial charge in [-0.25, -0.2) is 14.2 Å². The number of hydrogen-bond donors (Lipinski definition) is 0. The maximum atomic E-state index is 14.0. The largest absolute Gasteiger partial charge is 0.463 e. The molecular weight excluding hydrogens is 571 g/mol. The average Bonchev–Trinajstić information content (AvgIpc) is 3.49. The number of esters is 1. The number of rotatable bonds is 7. The van der Waals surface area contributed by atoms with Crippen LogP contribution in [-0.2, 0) is 16.1 Å². The number of non-ortho nitro benzene ring substituents is 1. The summed E-state index contributed by atoms with van der Waals surface area (Å²) in [5, 5.41) is 12.0. The number of nitrogens with zero attached hydrogens (tertiary/aromatic N) is 4. The third-order valence-corrected chi connectivity index (χ3v) is 8.29. The average molecular weight is 597 g/mol. The van der Waals surface area contributed by atoms with Crippen molar-refractivity contribution >= 4 is 40.0 Å². The monoisotopic (exact) mass is 596 g/mol. The number of carbonyl (C=O) groups excluding carboxylic acids is 1. The minimum absolute atomic E-state index is 0.0254.